The summed E-state index contributed by atoms with van der Waals surface area (Å²) in [4.78, 5) is 2.26. The summed E-state index contributed by atoms with van der Waals surface area (Å²) in [5, 5.41) is 6.82. The van der Waals surface area contributed by atoms with Crippen LogP contribution in [0.25, 0.3) is 11.4 Å². The molecule has 0 saturated heterocycles. The van der Waals surface area contributed by atoms with E-state index in [9.17, 15) is 0 Å². The summed E-state index contributed by atoms with van der Waals surface area (Å²) < 4.78 is 0. The Morgan fingerprint density at radius 3 is 2.37 bits per heavy atom. The summed E-state index contributed by atoms with van der Waals surface area (Å²) in [6.07, 6.45) is 12.8. The Kier molecular flexibility index (Phi) is 5.14. The fraction of sp³-hybridized carbons (Fsp3) is 0.167. The van der Waals surface area contributed by atoms with Gasteiger partial charge < -0.3 is 32.7 Å². The normalized spacial score (nSPS) is 20.4. The topological polar surface area (TPSA) is 105 Å². The number of nitrogens with zero attached hydrogens (tertiary/aromatic N) is 1. The van der Waals surface area contributed by atoms with E-state index < -0.39 is 0 Å². The third kappa shape index (κ3) is 3.59. The van der Waals surface area contributed by atoms with Gasteiger partial charge in [-0.3, -0.25) is 0 Å². The van der Waals surface area contributed by atoms with Crippen LogP contribution in [0, 0.1) is 0 Å². The van der Waals surface area contributed by atoms with E-state index in [-0.39, 0.29) is 12.1 Å². The molecule has 0 bridgehead atoms. The molecule has 0 spiro atoms. The Morgan fingerprint density at radius 1 is 0.867 bits per heavy atom. The van der Waals surface area contributed by atoms with Crippen molar-refractivity contribution in [3.05, 3.63) is 84.0 Å². The number of allylic oxidation sites excluding steroid dienone is 4. The molecule has 6 nitrogen and oxygen atoms in total. The van der Waals surface area contributed by atoms with E-state index in [1.54, 1.807) is 0 Å². The lowest BCUT2D eigenvalue weighted by Crippen LogP contribution is -2.46. The number of nitrogens with two attached hydrogens (primary N) is 3. The lowest BCUT2D eigenvalue weighted by atomic mass is 9.96. The molecule has 2 aromatic rings. The molecule has 2 heterocycles. The fourth-order valence-electron chi connectivity index (χ4n) is 3.93. The SMILES string of the molecule is CNc1cc(C2=CC=CC(C3C=CC=C(c4ccc(N)c(N)c4)N3C)N2)ccc1N. The van der Waals surface area contributed by atoms with Gasteiger partial charge in [0, 0.05) is 25.5 Å². The van der Waals surface area contributed by atoms with Crippen molar-refractivity contribution in [2.45, 2.75) is 12.1 Å². The van der Waals surface area contributed by atoms with Gasteiger partial charge in [0.25, 0.3) is 0 Å². The number of hydrogen-bond acceptors (Lipinski definition) is 6. The predicted molar refractivity (Wildman–Crippen MR) is 128 cm³/mol. The van der Waals surface area contributed by atoms with Gasteiger partial charge in [-0.1, -0.05) is 36.4 Å². The maximum atomic E-state index is 6.03. The molecule has 154 valence electrons. The van der Waals surface area contributed by atoms with Crippen molar-refractivity contribution in [3.8, 4) is 0 Å². The van der Waals surface area contributed by atoms with E-state index in [2.05, 4.69) is 65.1 Å². The van der Waals surface area contributed by atoms with Crippen molar-refractivity contribution in [1.82, 2.24) is 10.2 Å². The quantitative estimate of drug-likeness (QED) is 0.505. The van der Waals surface area contributed by atoms with E-state index in [4.69, 9.17) is 17.2 Å². The van der Waals surface area contributed by atoms with Gasteiger partial charge in [0.15, 0.2) is 0 Å². The second-order valence-corrected chi connectivity index (χ2v) is 7.57. The van der Waals surface area contributed by atoms with Gasteiger partial charge in [0.1, 0.15) is 0 Å². The summed E-state index contributed by atoms with van der Waals surface area (Å²) in [7, 11) is 3.98. The van der Waals surface area contributed by atoms with Crippen molar-refractivity contribution in [2.75, 3.05) is 36.6 Å². The number of rotatable bonds is 4. The minimum Gasteiger partial charge on any atom is -0.397 e. The van der Waals surface area contributed by atoms with Crippen molar-refractivity contribution in [3.63, 3.8) is 0 Å². The van der Waals surface area contributed by atoms with E-state index in [1.807, 2.05) is 37.4 Å². The third-order valence-electron chi connectivity index (χ3n) is 5.68. The number of nitrogens with one attached hydrogen (secondary N) is 2. The molecule has 0 radical (unpaired) electrons. The smallest absolute Gasteiger partial charge is 0.0710 e. The molecule has 2 aliphatic heterocycles. The zero-order valence-corrected chi connectivity index (χ0v) is 17.3. The summed E-state index contributed by atoms with van der Waals surface area (Å²) in [6, 6.07) is 12.1. The Bertz CT molecular complexity index is 1080. The van der Waals surface area contributed by atoms with Crippen LogP contribution in [0.15, 0.2) is 72.9 Å². The molecule has 4 rings (SSSR count). The van der Waals surface area contributed by atoms with Crippen molar-refractivity contribution in [2.24, 2.45) is 0 Å². The molecule has 2 unspecified atom stereocenters. The molecule has 30 heavy (non-hydrogen) atoms. The van der Waals surface area contributed by atoms with Crippen LogP contribution >= 0.6 is 0 Å². The molecule has 2 atom stereocenters. The Balaban J connectivity index is 1.56. The van der Waals surface area contributed by atoms with Crippen LogP contribution in [-0.2, 0) is 0 Å². The molecule has 2 aliphatic rings. The third-order valence-corrected chi connectivity index (χ3v) is 5.68. The zero-order chi connectivity index (χ0) is 21.3. The Morgan fingerprint density at radius 2 is 1.60 bits per heavy atom. The monoisotopic (exact) mass is 400 g/mol. The van der Waals surface area contributed by atoms with Crippen molar-refractivity contribution in [1.29, 1.82) is 0 Å². The van der Waals surface area contributed by atoms with E-state index in [1.165, 1.54) is 0 Å². The molecule has 0 saturated carbocycles. The minimum atomic E-state index is 0.108. The second kappa shape index (κ2) is 7.91. The van der Waals surface area contributed by atoms with E-state index in [0.717, 1.165) is 33.9 Å². The molecular formula is C24H28N6. The number of benzene rings is 2. The predicted octanol–water partition coefficient (Wildman–Crippen LogP) is 3.26. The average Bonchev–Trinajstić information content (AvgIpc) is 2.76. The van der Waals surface area contributed by atoms with Gasteiger partial charge in [-0.2, -0.15) is 0 Å². The molecule has 2 aromatic carbocycles. The van der Waals surface area contributed by atoms with Gasteiger partial charge in [0.05, 0.1) is 34.8 Å². The second-order valence-electron chi connectivity index (χ2n) is 7.57. The molecule has 0 aromatic heterocycles. The summed E-state index contributed by atoms with van der Waals surface area (Å²) in [5.41, 5.74) is 25.1. The average molecular weight is 401 g/mol. The Hall–Kier alpha value is -3.80. The van der Waals surface area contributed by atoms with Crippen LogP contribution in [0.4, 0.5) is 22.7 Å². The molecular weight excluding hydrogens is 372 g/mol. The van der Waals surface area contributed by atoms with Gasteiger partial charge in [-0.25, -0.2) is 0 Å². The maximum absolute atomic E-state index is 6.03. The molecule has 6 heteroatoms. The first kappa shape index (κ1) is 19.5. The first-order chi connectivity index (χ1) is 14.5. The van der Waals surface area contributed by atoms with E-state index >= 15 is 0 Å². The van der Waals surface area contributed by atoms with Gasteiger partial charge in [0.2, 0.25) is 0 Å². The lowest BCUT2D eigenvalue weighted by Gasteiger charge is -2.38. The lowest BCUT2D eigenvalue weighted by molar-refractivity contribution is 0.358. The van der Waals surface area contributed by atoms with Gasteiger partial charge in [-0.15, -0.1) is 0 Å². The van der Waals surface area contributed by atoms with Crippen molar-refractivity contribution < 1.29 is 0 Å². The van der Waals surface area contributed by atoms with Crippen LogP contribution in [0.1, 0.15) is 11.1 Å². The number of nitrogen functional groups attached to an aromatic ring is 3. The maximum Gasteiger partial charge on any atom is 0.0710 e. The minimum absolute atomic E-state index is 0.108. The molecule has 8 N–H and O–H groups in total. The first-order valence-corrected chi connectivity index (χ1v) is 9.97. The molecule has 0 fully saturated rings. The highest BCUT2D eigenvalue weighted by molar-refractivity contribution is 5.77. The van der Waals surface area contributed by atoms with Crippen LogP contribution in [0.3, 0.4) is 0 Å². The fourth-order valence-corrected chi connectivity index (χ4v) is 3.93. The van der Waals surface area contributed by atoms with E-state index in [0.29, 0.717) is 11.4 Å². The summed E-state index contributed by atoms with van der Waals surface area (Å²) in [5.74, 6) is 0. The highest BCUT2D eigenvalue weighted by atomic mass is 15.2. The number of anilines is 4. The van der Waals surface area contributed by atoms with Gasteiger partial charge >= 0.3 is 0 Å². The van der Waals surface area contributed by atoms with Crippen LogP contribution in [0.2, 0.25) is 0 Å². The number of hydrogen-bond donors (Lipinski definition) is 5. The zero-order valence-electron chi connectivity index (χ0n) is 17.3. The van der Waals surface area contributed by atoms with Crippen molar-refractivity contribution >= 4 is 34.1 Å². The first-order valence-electron chi connectivity index (χ1n) is 9.97. The summed E-state index contributed by atoms with van der Waals surface area (Å²) >= 11 is 0. The molecule has 0 aliphatic carbocycles. The highest BCUT2D eigenvalue weighted by Crippen LogP contribution is 2.31. The largest absolute Gasteiger partial charge is 0.397 e. The summed E-state index contributed by atoms with van der Waals surface area (Å²) in [6.45, 7) is 0. The number of dihydropyridines is 1. The highest BCUT2D eigenvalue weighted by Gasteiger charge is 2.27. The standard InChI is InChI=1S/C24H28N6/c1-28-22-14-15(9-12-18(22)26)20-5-3-6-21(29-20)24-8-4-7-23(30(24)2)16-10-11-17(25)19(27)13-16/h3-14,21,24,28-29H,25-27H2,1-2H3. The van der Waals surface area contributed by atoms with Crippen LogP contribution in [0.5, 0.6) is 0 Å². The van der Waals surface area contributed by atoms with Crippen LogP contribution in [-0.4, -0.2) is 31.1 Å². The number of likely N-dealkylation sites (N-methyl/N-ethyl adjacent to an activating group) is 1. The van der Waals surface area contributed by atoms with Crippen LogP contribution < -0.4 is 27.8 Å². The Labute approximate surface area is 177 Å². The molecule has 0 amide bonds. The van der Waals surface area contributed by atoms with Gasteiger partial charge in [-0.05, 0) is 47.5 Å².